The molecule has 0 aromatic heterocycles. The Hall–Kier alpha value is -3.56. The minimum atomic E-state index is -5.08. The van der Waals surface area contributed by atoms with Gasteiger partial charge >= 0.3 is 12.1 Å². The van der Waals surface area contributed by atoms with Gasteiger partial charge in [-0.2, -0.15) is 13.2 Å². The number of phenols is 1. The number of guanidine groups is 1. The minimum absolute atomic E-state index is 0.0440. The number of aliphatic hydroxyl groups excluding tert-OH is 1. The van der Waals surface area contributed by atoms with Crippen LogP contribution in [-0.2, 0) is 21.4 Å². The number of rotatable bonds is 9. The number of carboxylic acid groups (broad SMARTS) is 1. The Kier molecular flexibility index (Phi) is 9.23. The number of carbonyl (C=O) groups is 2. The maximum absolute atomic E-state index is 12.3. The van der Waals surface area contributed by atoms with E-state index in [1.54, 1.807) is 6.07 Å². The molecule has 2 heterocycles. The molecule has 12 nitrogen and oxygen atoms in total. The van der Waals surface area contributed by atoms with Gasteiger partial charge in [0.25, 0.3) is 0 Å². The highest BCUT2D eigenvalue weighted by Crippen LogP contribution is 2.62. The van der Waals surface area contributed by atoms with Crippen molar-refractivity contribution in [3.63, 3.8) is 0 Å². The van der Waals surface area contributed by atoms with Gasteiger partial charge in [-0.1, -0.05) is 18.2 Å². The van der Waals surface area contributed by atoms with Crippen LogP contribution >= 0.6 is 0 Å². The average Bonchev–Trinajstić information content (AvgIpc) is 3.28. The molecule has 4 aliphatic rings. The van der Waals surface area contributed by atoms with E-state index in [0.717, 1.165) is 37.9 Å². The lowest BCUT2D eigenvalue weighted by Crippen LogP contribution is -2.65. The third kappa shape index (κ3) is 6.13. The van der Waals surface area contributed by atoms with Crippen molar-refractivity contribution in [2.45, 2.75) is 68.0 Å². The van der Waals surface area contributed by atoms with Crippen LogP contribution in [0.1, 0.15) is 36.8 Å². The lowest BCUT2D eigenvalue weighted by molar-refractivity contribution is -0.192. The summed E-state index contributed by atoms with van der Waals surface area (Å²) in [5.74, 6) is -1.93. The molecule has 2 aliphatic carbocycles. The number of hydrogen-bond donors (Lipinski definition) is 7. The molecule has 5 rings (SSSR count). The number of aromatic hydroxyl groups is 1. The zero-order chi connectivity index (χ0) is 30.8. The second-order valence-electron chi connectivity index (χ2n) is 11.0. The summed E-state index contributed by atoms with van der Waals surface area (Å²) in [6, 6.07) is 3.43. The second kappa shape index (κ2) is 12.4. The summed E-state index contributed by atoms with van der Waals surface area (Å²) in [6.45, 7) is 2.77. The summed E-state index contributed by atoms with van der Waals surface area (Å²) in [5, 5.41) is 31.3. The number of aliphatic imine (C=N–C) groups is 1. The molecule has 0 radical (unpaired) electrons. The first-order valence-corrected chi connectivity index (χ1v) is 13.8. The van der Waals surface area contributed by atoms with Crippen LogP contribution in [0.3, 0.4) is 0 Å². The first-order chi connectivity index (χ1) is 19.8. The number of aliphatic hydroxyl groups is 1. The number of nitrogens with one attached hydrogen (secondary N) is 1. The van der Waals surface area contributed by atoms with Crippen LogP contribution in [-0.4, -0.2) is 94.7 Å². The number of ether oxygens (including phenoxy) is 1. The van der Waals surface area contributed by atoms with Crippen molar-refractivity contribution in [2.24, 2.45) is 28.1 Å². The van der Waals surface area contributed by atoms with E-state index in [1.807, 2.05) is 12.1 Å². The van der Waals surface area contributed by atoms with Crippen molar-refractivity contribution < 1.29 is 42.8 Å². The van der Waals surface area contributed by atoms with Gasteiger partial charge in [0.05, 0.1) is 6.04 Å². The summed E-state index contributed by atoms with van der Waals surface area (Å²) in [4.78, 5) is 27.6. The van der Waals surface area contributed by atoms with Gasteiger partial charge in [-0.05, 0) is 50.3 Å². The standard InChI is InChI=1S/C25H36N6O4.C2HF3O2/c26-16(3-1-9-30-24(27)28)23(34)29-10-2-11-31-12-8-25-15-5-7-19(33)22(25)35-21-18(32)6-4-14(20(21)25)13-17(15)31;3-2(4,5)1(6)7/h4-7,15-17,19,22,32-33H,1-3,8-13,26H2,(H,29,34)(H4,27,28,30);(H,6,7)/t15-,16-,17+,19-,22-,25-;/m0./s1. The highest BCUT2D eigenvalue weighted by Gasteiger charge is 2.64. The number of benzene rings is 1. The molecule has 42 heavy (non-hydrogen) atoms. The first-order valence-electron chi connectivity index (χ1n) is 13.8. The number of phenolic OH excluding ortho intramolecular Hbond substituents is 1. The number of nitrogens with two attached hydrogens (primary N) is 3. The van der Waals surface area contributed by atoms with Crippen molar-refractivity contribution in [3.8, 4) is 11.5 Å². The van der Waals surface area contributed by atoms with E-state index >= 15 is 0 Å². The summed E-state index contributed by atoms with van der Waals surface area (Å²) in [5.41, 5.74) is 18.6. The molecule has 0 saturated carbocycles. The van der Waals surface area contributed by atoms with E-state index < -0.39 is 24.3 Å². The Morgan fingerprint density at radius 2 is 1.95 bits per heavy atom. The normalized spacial score (nSPS) is 27.5. The summed E-state index contributed by atoms with van der Waals surface area (Å²) < 4.78 is 37.9. The molecule has 232 valence electrons. The molecule has 2 aliphatic heterocycles. The van der Waals surface area contributed by atoms with Crippen LogP contribution in [0.4, 0.5) is 13.2 Å². The van der Waals surface area contributed by atoms with Crippen LogP contribution < -0.4 is 27.3 Å². The fraction of sp³-hybridized carbons (Fsp3) is 0.593. The lowest BCUT2D eigenvalue weighted by atomic mass is 9.53. The molecule has 1 saturated heterocycles. The van der Waals surface area contributed by atoms with Crippen molar-refractivity contribution in [2.75, 3.05) is 26.2 Å². The number of nitrogens with zero attached hydrogens (tertiary/aromatic N) is 2. The summed E-state index contributed by atoms with van der Waals surface area (Å²) >= 11 is 0. The van der Waals surface area contributed by atoms with Gasteiger partial charge in [-0.3, -0.25) is 14.7 Å². The smallest absolute Gasteiger partial charge is 0.490 e. The van der Waals surface area contributed by atoms with Crippen LogP contribution in [0.25, 0.3) is 0 Å². The second-order valence-corrected chi connectivity index (χ2v) is 11.0. The molecule has 1 aromatic rings. The zero-order valence-corrected chi connectivity index (χ0v) is 22.9. The Morgan fingerprint density at radius 3 is 2.62 bits per heavy atom. The predicted molar refractivity (Wildman–Crippen MR) is 146 cm³/mol. The Bertz CT molecular complexity index is 1240. The highest BCUT2D eigenvalue weighted by molar-refractivity contribution is 5.81. The topological polar surface area (TPSA) is 210 Å². The van der Waals surface area contributed by atoms with Crippen molar-refractivity contribution in [3.05, 3.63) is 35.4 Å². The van der Waals surface area contributed by atoms with E-state index in [4.69, 9.17) is 31.8 Å². The first kappa shape index (κ1) is 31.4. The van der Waals surface area contributed by atoms with Crippen molar-refractivity contribution in [1.82, 2.24) is 10.2 Å². The van der Waals surface area contributed by atoms with E-state index in [0.29, 0.717) is 31.7 Å². The fourth-order valence-electron chi connectivity index (χ4n) is 6.68. The molecule has 1 aromatic carbocycles. The van der Waals surface area contributed by atoms with E-state index in [2.05, 4.69) is 21.3 Å². The molecule has 10 N–H and O–H groups in total. The molecule has 2 bridgehead atoms. The van der Waals surface area contributed by atoms with Gasteiger partial charge < -0.3 is 42.6 Å². The summed E-state index contributed by atoms with van der Waals surface area (Å²) in [6.07, 6.45) is 1.61. The maximum atomic E-state index is 12.3. The monoisotopic (exact) mass is 598 g/mol. The van der Waals surface area contributed by atoms with Gasteiger partial charge in [-0.15, -0.1) is 0 Å². The van der Waals surface area contributed by atoms with Gasteiger partial charge in [0.2, 0.25) is 5.91 Å². The van der Waals surface area contributed by atoms with Gasteiger partial charge in [0.1, 0.15) is 12.2 Å². The third-order valence-electron chi connectivity index (χ3n) is 8.46. The number of hydrogen-bond acceptors (Lipinski definition) is 8. The molecule has 1 fully saturated rings. The molecule has 0 unspecified atom stereocenters. The average molecular weight is 599 g/mol. The van der Waals surface area contributed by atoms with E-state index in [9.17, 15) is 28.2 Å². The number of likely N-dealkylation sites (tertiary alicyclic amines) is 1. The van der Waals surface area contributed by atoms with Crippen molar-refractivity contribution in [1.29, 1.82) is 0 Å². The van der Waals surface area contributed by atoms with E-state index in [1.165, 1.54) is 5.56 Å². The minimum Gasteiger partial charge on any atom is -0.504 e. The van der Waals surface area contributed by atoms with Gasteiger partial charge in [-0.25, -0.2) is 4.79 Å². The molecular weight excluding hydrogens is 561 g/mol. The number of halogens is 3. The van der Waals surface area contributed by atoms with Gasteiger partial charge in [0, 0.05) is 42.6 Å². The van der Waals surface area contributed by atoms with Gasteiger partial charge in [0.15, 0.2) is 17.5 Å². The van der Waals surface area contributed by atoms with Crippen LogP contribution in [0.15, 0.2) is 29.3 Å². The number of piperidine rings is 1. The number of alkyl halides is 3. The van der Waals surface area contributed by atoms with Crippen LogP contribution in [0, 0.1) is 5.92 Å². The number of aliphatic carboxylic acids is 1. The largest absolute Gasteiger partial charge is 0.504 e. The quantitative estimate of drug-likeness (QED) is 0.0881. The molecule has 1 spiro atoms. The number of amides is 1. The molecule has 1 amide bonds. The summed E-state index contributed by atoms with van der Waals surface area (Å²) in [7, 11) is 0. The molecular formula is C27H37F3N6O6. The third-order valence-corrected chi connectivity index (χ3v) is 8.46. The Labute approximate surface area is 240 Å². The fourth-order valence-corrected chi connectivity index (χ4v) is 6.68. The lowest BCUT2D eigenvalue weighted by Gasteiger charge is -2.57. The maximum Gasteiger partial charge on any atom is 0.490 e. The van der Waals surface area contributed by atoms with Crippen LogP contribution in [0.5, 0.6) is 11.5 Å². The van der Waals surface area contributed by atoms with E-state index in [-0.39, 0.29) is 41.1 Å². The Balaban J connectivity index is 0.000000517. The predicted octanol–water partition coefficient (Wildman–Crippen LogP) is 0.0888. The molecule has 15 heteroatoms. The molecule has 6 atom stereocenters. The highest BCUT2D eigenvalue weighted by atomic mass is 19.4. The zero-order valence-electron chi connectivity index (χ0n) is 22.9. The van der Waals surface area contributed by atoms with Crippen molar-refractivity contribution >= 4 is 17.8 Å². The Morgan fingerprint density at radius 1 is 1.24 bits per heavy atom. The SMILES string of the molecule is NC(N)=NCCC[C@H](N)C(=O)NCCCN1CC[C@]23c4c5ccc(O)c4O[C@H]2[C@@H](O)C=C[C@H]3[C@H]1C5.O=C(O)C(F)(F)F. The van der Waals surface area contributed by atoms with Crippen LogP contribution in [0.2, 0.25) is 0 Å². The number of carbonyl (C=O) groups excluding carboxylic acids is 1. The number of carboxylic acids is 1.